The van der Waals surface area contributed by atoms with E-state index in [9.17, 15) is 4.79 Å². The smallest absolute Gasteiger partial charge is 0.227 e. The first-order valence-electron chi connectivity index (χ1n) is 7.08. The van der Waals surface area contributed by atoms with E-state index in [0.29, 0.717) is 5.92 Å². The molecule has 0 aromatic heterocycles. The molecule has 1 saturated carbocycles. The molecular weight excluding hydrogens is 212 g/mol. The van der Waals surface area contributed by atoms with Crippen molar-refractivity contribution in [3.8, 4) is 0 Å². The van der Waals surface area contributed by atoms with Gasteiger partial charge in [-0.2, -0.15) is 0 Å². The fraction of sp³-hybridized carbons (Fsp3) is 0.929. The minimum atomic E-state index is 0.0513. The van der Waals surface area contributed by atoms with Gasteiger partial charge in [0.25, 0.3) is 0 Å². The Morgan fingerprint density at radius 1 is 1.35 bits per heavy atom. The largest absolute Gasteiger partial charge is 0.345 e. The lowest BCUT2D eigenvalue weighted by Crippen LogP contribution is -2.48. The number of nitrogens with zero attached hydrogens (tertiary/aromatic N) is 1. The number of carbonyl (C=O) groups excluding carboxylic acids is 1. The minimum Gasteiger partial charge on any atom is -0.345 e. The van der Waals surface area contributed by atoms with Crippen LogP contribution in [0.2, 0.25) is 0 Å². The molecule has 1 amide bonds. The number of hydrogen-bond acceptors (Lipinski definition) is 2. The van der Waals surface area contributed by atoms with Crippen molar-refractivity contribution in [1.82, 2.24) is 4.90 Å². The van der Waals surface area contributed by atoms with E-state index in [2.05, 4.69) is 13.8 Å². The molecule has 0 bridgehead atoms. The molecular formula is C14H28N2O. The molecule has 3 atom stereocenters. The van der Waals surface area contributed by atoms with Crippen molar-refractivity contribution in [2.24, 2.45) is 17.6 Å². The summed E-state index contributed by atoms with van der Waals surface area (Å²) in [6.07, 6.45) is 6.82. The Hall–Kier alpha value is -0.570. The molecule has 0 radical (unpaired) electrons. The van der Waals surface area contributed by atoms with E-state index < -0.39 is 0 Å². The number of rotatable bonds is 5. The van der Waals surface area contributed by atoms with E-state index >= 15 is 0 Å². The van der Waals surface area contributed by atoms with Crippen molar-refractivity contribution >= 4 is 5.91 Å². The fourth-order valence-electron chi connectivity index (χ4n) is 2.85. The molecule has 0 spiro atoms. The number of amides is 1. The van der Waals surface area contributed by atoms with Crippen LogP contribution in [0.5, 0.6) is 0 Å². The molecule has 3 unspecified atom stereocenters. The van der Waals surface area contributed by atoms with Gasteiger partial charge in [0.15, 0.2) is 0 Å². The van der Waals surface area contributed by atoms with Gasteiger partial charge in [-0.1, -0.05) is 33.1 Å². The molecule has 0 aliphatic heterocycles. The van der Waals surface area contributed by atoms with Gasteiger partial charge in [-0.3, -0.25) is 4.79 Å². The van der Waals surface area contributed by atoms with Crippen molar-refractivity contribution in [3.05, 3.63) is 0 Å². The fourth-order valence-corrected chi connectivity index (χ4v) is 2.85. The standard InChI is InChI=1S/C14H28N2O/c1-4-5-6-10-16(3)14(17)13-11(2)8-7-9-12(13)15/h11-13H,4-10,15H2,1-3H3. The van der Waals surface area contributed by atoms with E-state index in [1.807, 2.05) is 11.9 Å². The third kappa shape index (κ3) is 3.98. The highest BCUT2D eigenvalue weighted by atomic mass is 16.2. The Balaban J connectivity index is 2.48. The van der Waals surface area contributed by atoms with Gasteiger partial charge in [0.05, 0.1) is 5.92 Å². The Morgan fingerprint density at radius 2 is 2.06 bits per heavy atom. The van der Waals surface area contributed by atoms with Gasteiger partial charge < -0.3 is 10.6 Å². The summed E-state index contributed by atoms with van der Waals surface area (Å²) in [4.78, 5) is 14.2. The number of unbranched alkanes of at least 4 members (excludes halogenated alkanes) is 2. The minimum absolute atomic E-state index is 0.0513. The van der Waals surface area contributed by atoms with Crippen LogP contribution in [0, 0.1) is 11.8 Å². The lowest BCUT2D eigenvalue weighted by atomic mass is 9.76. The molecule has 1 fully saturated rings. The maximum Gasteiger partial charge on any atom is 0.227 e. The monoisotopic (exact) mass is 240 g/mol. The first kappa shape index (κ1) is 14.5. The summed E-state index contributed by atoms with van der Waals surface area (Å²) in [5.74, 6) is 0.760. The van der Waals surface area contributed by atoms with E-state index in [0.717, 1.165) is 25.8 Å². The first-order valence-corrected chi connectivity index (χ1v) is 7.08. The Bertz CT molecular complexity index is 232. The van der Waals surface area contributed by atoms with Gasteiger partial charge in [-0.25, -0.2) is 0 Å². The van der Waals surface area contributed by atoms with Crippen LogP contribution in [-0.4, -0.2) is 30.4 Å². The van der Waals surface area contributed by atoms with Crippen LogP contribution in [0.25, 0.3) is 0 Å². The molecule has 100 valence electrons. The van der Waals surface area contributed by atoms with Crippen molar-refractivity contribution < 1.29 is 4.79 Å². The Morgan fingerprint density at radius 3 is 2.65 bits per heavy atom. The zero-order chi connectivity index (χ0) is 12.8. The SMILES string of the molecule is CCCCCN(C)C(=O)C1C(C)CCCC1N. The van der Waals surface area contributed by atoms with E-state index in [1.165, 1.54) is 19.3 Å². The Labute approximate surface area is 106 Å². The van der Waals surface area contributed by atoms with E-state index in [1.54, 1.807) is 0 Å². The van der Waals surface area contributed by atoms with Crippen molar-refractivity contribution in [3.63, 3.8) is 0 Å². The summed E-state index contributed by atoms with van der Waals surface area (Å²) in [6, 6.07) is 0.0693. The van der Waals surface area contributed by atoms with Crippen LogP contribution in [0.15, 0.2) is 0 Å². The van der Waals surface area contributed by atoms with Gasteiger partial charge in [0.1, 0.15) is 0 Å². The van der Waals surface area contributed by atoms with Crippen molar-refractivity contribution in [2.75, 3.05) is 13.6 Å². The molecule has 1 aliphatic rings. The van der Waals surface area contributed by atoms with Gasteiger partial charge in [-0.15, -0.1) is 0 Å². The predicted molar refractivity (Wildman–Crippen MR) is 71.6 cm³/mol. The average Bonchev–Trinajstić information content (AvgIpc) is 2.28. The maximum absolute atomic E-state index is 12.4. The van der Waals surface area contributed by atoms with E-state index in [-0.39, 0.29) is 17.9 Å². The van der Waals surface area contributed by atoms with Crippen LogP contribution in [0.1, 0.15) is 52.4 Å². The topological polar surface area (TPSA) is 46.3 Å². The number of carbonyl (C=O) groups is 1. The normalized spacial score (nSPS) is 29.1. The third-order valence-corrected chi connectivity index (χ3v) is 4.03. The lowest BCUT2D eigenvalue weighted by Gasteiger charge is -2.35. The highest BCUT2D eigenvalue weighted by Gasteiger charge is 2.35. The van der Waals surface area contributed by atoms with Gasteiger partial charge in [0.2, 0.25) is 5.91 Å². The summed E-state index contributed by atoms with van der Waals surface area (Å²) in [7, 11) is 1.92. The molecule has 1 aliphatic carbocycles. The van der Waals surface area contributed by atoms with Crippen LogP contribution >= 0.6 is 0 Å². The van der Waals surface area contributed by atoms with Crippen LogP contribution in [0.4, 0.5) is 0 Å². The third-order valence-electron chi connectivity index (χ3n) is 4.03. The summed E-state index contributed by atoms with van der Waals surface area (Å²) in [5.41, 5.74) is 6.12. The quantitative estimate of drug-likeness (QED) is 0.750. The number of nitrogens with two attached hydrogens (primary N) is 1. The summed E-state index contributed by atoms with van der Waals surface area (Å²) < 4.78 is 0. The van der Waals surface area contributed by atoms with Crippen LogP contribution in [-0.2, 0) is 4.79 Å². The molecule has 1 rings (SSSR count). The van der Waals surface area contributed by atoms with Gasteiger partial charge >= 0.3 is 0 Å². The molecule has 2 N–H and O–H groups in total. The van der Waals surface area contributed by atoms with Gasteiger partial charge in [-0.05, 0) is 25.2 Å². The maximum atomic E-state index is 12.4. The second-order valence-electron chi connectivity index (χ2n) is 5.56. The van der Waals surface area contributed by atoms with Crippen LogP contribution in [0.3, 0.4) is 0 Å². The first-order chi connectivity index (χ1) is 8.07. The highest BCUT2D eigenvalue weighted by Crippen LogP contribution is 2.30. The molecule has 0 aromatic rings. The van der Waals surface area contributed by atoms with Crippen molar-refractivity contribution in [1.29, 1.82) is 0 Å². The summed E-state index contributed by atoms with van der Waals surface area (Å²) >= 11 is 0. The number of hydrogen-bond donors (Lipinski definition) is 1. The van der Waals surface area contributed by atoms with Gasteiger partial charge in [0, 0.05) is 19.6 Å². The molecule has 0 aromatic carbocycles. The predicted octanol–water partition coefficient (Wildman–Crippen LogP) is 2.40. The summed E-state index contributed by atoms with van der Waals surface area (Å²) in [6.45, 7) is 5.23. The molecule has 0 saturated heterocycles. The second-order valence-corrected chi connectivity index (χ2v) is 5.56. The highest BCUT2D eigenvalue weighted by molar-refractivity contribution is 5.79. The second kappa shape index (κ2) is 7.00. The molecule has 0 heterocycles. The van der Waals surface area contributed by atoms with Crippen LogP contribution < -0.4 is 5.73 Å². The average molecular weight is 240 g/mol. The lowest BCUT2D eigenvalue weighted by molar-refractivity contribution is -0.137. The molecule has 17 heavy (non-hydrogen) atoms. The molecule has 3 nitrogen and oxygen atoms in total. The zero-order valence-electron chi connectivity index (χ0n) is 11.6. The summed E-state index contributed by atoms with van der Waals surface area (Å²) in [5, 5.41) is 0. The zero-order valence-corrected chi connectivity index (χ0v) is 11.6. The molecule has 3 heteroatoms. The Kier molecular flexibility index (Phi) is 5.96. The van der Waals surface area contributed by atoms with E-state index in [4.69, 9.17) is 5.73 Å². The van der Waals surface area contributed by atoms with Crippen molar-refractivity contribution in [2.45, 2.75) is 58.4 Å².